The Morgan fingerprint density at radius 1 is 1.29 bits per heavy atom. The summed E-state index contributed by atoms with van der Waals surface area (Å²) in [6.45, 7) is 6.37. The zero-order valence-electron chi connectivity index (χ0n) is 14.1. The molecule has 1 aromatic carbocycles. The highest BCUT2D eigenvalue weighted by Gasteiger charge is 2.16. The van der Waals surface area contributed by atoms with Crippen LogP contribution in [0.3, 0.4) is 0 Å². The van der Waals surface area contributed by atoms with Crippen LogP contribution in [0.15, 0.2) is 30.6 Å². The first-order valence-corrected chi connectivity index (χ1v) is 8.46. The van der Waals surface area contributed by atoms with Crippen molar-refractivity contribution in [3.63, 3.8) is 0 Å². The first-order chi connectivity index (χ1) is 11.7. The highest BCUT2D eigenvalue weighted by molar-refractivity contribution is 5.75. The van der Waals surface area contributed by atoms with Crippen LogP contribution >= 0.6 is 0 Å². The van der Waals surface area contributed by atoms with Crippen LogP contribution in [0.4, 0.5) is 0 Å². The Balaban J connectivity index is 1.45. The zero-order chi connectivity index (χ0) is 16.8. The van der Waals surface area contributed by atoms with Crippen molar-refractivity contribution < 1.29 is 4.79 Å². The summed E-state index contributed by atoms with van der Waals surface area (Å²) in [6, 6.07) is 8.48. The van der Waals surface area contributed by atoms with Crippen molar-refractivity contribution in [2.24, 2.45) is 5.92 Å². The maximum atomic E-state index is 11.8. The molecule has 1 atom stereocenters. The molecule has 0 bridgehead atoms. The van der Waals surface area contributed by atoms with Gasteiger partial charge in [-0.15, -0.1) is 5.10 Å². The second kappa shape index (κ2) is 8.01. The van der Waals surface area contributed by atoms with Crippen molar-refractivity contribution in [3.05, 3.63) is 41.7 Å². The molecule has 3 rings (SSSR count). The standard InChI is InChI=1S/C17H24N6O/c1-14-3-2-8-22(10-14)11-16-6-4-15(5-7-16)9-18-17(24)12-23-13-19-20-21-23/h4-7,13-14H,2-3,8-12H2,1H3,(H,18,24). The molecule has 1 amide bonds. The van der Waals surface area contributed by atoms with Crippen molar-refractivity contribution in [1.82, 2.24) is 30.4 Å². The lowest BCUT2D eigenvalue weighted by Gasteiger charge is -2.30. The van der Waals surface area contributed by atoms with Gasteiger partial charge in [0.15, 0.2) is 0 Å². The maximum absolute atomic E-state index is 11.8. The van der Waals surface area contributed by atoms with Gasteiger partial charge in [-0.25, -0.2) is 4.68 Å². The predicted octanol–water partition coefficient (Wildman–Crippen LogP) is 1.22. The van der Waals surface area contributed by atoms with Crippen LogP contribution in [0.25, 0.3) is 0 Å². The van der Waals surface area contributed by atoms with Crippen LogP contribution in [-0.4, -0.2) is 44.1 Å². The second-order valence-corrected chi connectivity index (χ2v) is 6.58. The van der Waals surface area contributed by atoms with E-state index >= 15 is 0 Å². The van der Waals surface area contributed by atoms with Gasteiger partial charge in [-0.3, -0.25) is 9.69 Å². The number of hydrogen-bond acceptors (Lipinski definition) is 5. The molecule has 2 heterocycles. The van der Waals surface area contributed by atoms with Crippen molar-refractivity contribution in [3.8, 4) is 0 Å². The van der Waals surface area contributed by atoms with Gasteiger partial charge in [0.2, 0.25) is 5.91 Å². The minimum atomic E-state index is -0.103. The van der Waals surface area contributed by atoms with Gasteiger partial charge >= 0.3 is 0 Å². The summed E-state index contributed by atoms with van der Waals surface area (Å²) < 4.78 is 1.40. The molecule has 0 saturated carbocycles. The fourth-order valence-electron chi connectivity index (χ4n) is 3.11. The molecule has 0 radical (unpaired) electrons. The number of aromatic nitrogens is 4. The molecule has 1 unspecified atom stereocenters. The Hall–Kier alpha value is -2.28. The van der Waals surface area contributed by atoms with Crippen LogP contribution in [0.1, 0.15) is 30.9 Å². The molecular weight excluding hydrogens is 304 g/mol. The summed E-state index contributed by atoms with van der Waals surface area (Å²) in [5.41, 5.74) is 2.42. The second-order valence-electron chi connectivity index (χ2n) is 6.58. The molecule has 24 heavy (non-hydrogen) atoms. The summed E-state index contributed by atoms with van der Waals surface area (Å²) in [5.74, 6) is 0.696. The van der Waals surface area contributed by atoms with Gasteiger partial charge in [0.05, 0.1) is 0 Å². The largest absolute Gasteiger partial charge is 0.350 e. The summed E-state index contributed by atoms with van der Waals surface area (Å²) in [6.07, 6.45) is 4.07. The predicted molar refractivity (Wildman–Crippen MR) is 89.8 cm³/mol. The number of nitrogens with zero attached hydrogens (tertiary/aromatic N) is 5. The lowest BCUT2D eigenvalue weighted by Crippen LogP contribution is -2.33. The van der Waals surface area contributed by atoms with Gasteiger partial charge in [0.25, 0.3) is 0 Å². The van der Waals surface area contributed by atoms with Crippen LogP contribution < -0.4 is 5.32 Å². The molecule has 1 aromatic heterocycles. The minimum absolute atomic E-state index is 0.103. The highest BCUT2D eigenvalue weighted by atomic mass is 16.2. The first-order valence-electron chi connectivity index (χ1n) is 8.46. The fourth-order valence-corrected chi connectivity index (χ4v) is 3.11. The Bertz CT molecular complexity index is 640. The van der Waals surface area contributed by atoms with Gasteiger partial charge in [-0.1, -0.05) is 31.2 Å². The average Bonchev–Trinajstić information content (AvgIpc) is 3.07. The smallest absolute Gasteiger partial charge is 0.242 e. The third-order valence-electron chi connectivity index (χ3n) is 4.36. The lowest BCUT2D eigenvalue weighted by molar-refractivity contribution is -0.122. The van der Waals surface area contributed by atoms with Crippen LogP contribution in [0, 0.1) is 5.92 Å². The van der Waals surface area contributed by atoms with Crippen LogP contribution in [0.2, 0.25) is 0 Å². The topological polar surface area (TPSA) is 75.9 Å². The lowest BCUT2D eigenvalue weighted by atomic mass is 9.99. The molecule has 2 aromatic rings. The van der Waals surface area contributed by atoms with E-state index in [4.69, 9.17) is 0 Å². The summed E-state index contributed by atoms with van der Waals surface area (Å²) in [7, 11) is 0. The monoisotopic (exact) mass is 328 g/mol. The molecule has 128 valence electrons. The number of likely N-dealkylation sites (tertiary alicyclic amines) is 1. The Kier molecular flexibility index (Phi) is 5.53. The Morgan fingerprint density at radius 2 is 2.08 bits per heavy atom. The summed E-state index contributed by atoms with van der Waals surface area (Å²) >= 11 is 0. The number of rotatable bonds is 6. The van der Waals surface area contributed by atoms with Gasteiger partial charge < -0.3 is 5.32 Å². The van der Waals surface area contributed by atoms with Crippen molar-refractivity contribution >= 4 is 5.91 Å². The normalized spacial score (nSPS) is 18.5. The van der Waals surface area contributed by atoms with Gasteiger partial charge in [0, 0.05) is 19.6 Å². The molecule has 0 spiro atoms. The summed E-state index contributed by atoms with van der Waals surface area (Å²) in [5, 5.41) is 13.6. The summed E-state index contributed by atoms with van der Waals surface area (Å²) in [4.78, 5) is 14.3. The van der Waals surface area contributed by atoms with Gasteiger partial charge in [0.1, 0.15) is 12.9 Å². The van der Waals surface area contributed by atoms with Gasteiger partial charge in [-0.05, 0) is 46.9 Å². The third-order valence-corrected chi connectivity index (χ3v) is 4.36. The van der Waals surface area contributed by atoms with E-state index in [1.54, 1.807) is 0 Å². The van der Waals surface area contributed by atoms with Crippen LogP contribution in [-0.2, 0) is 24.4 Å². The fraction of sp³-hybridized carbons (Fsp3) is 0.529. The molecule has 1 aliphatic heterocycles. The molecule has 7 heteroatoms. The van der Waals surface area contributed by atoms with E-state index in [0.717, 1.165) is 18.0 Å². The average molecular weight is 328 g/mol. The number of hydrogen-bond donors (Lipinski definition) is 1. The van der Waals surface area contributed by atoms with E-state index in [-0.39, 0.29) is 12.5 Å². The number of tetrazole rings is 1. The van der Waals surface area contributed by atoms with Gasteiger partial charge in [-0.2, -0.15) is 0 Å². The molecule has 1 fully saturated rings. The molecule has 1 saturated heterocycles. The first kappa shape index (κ1) is 16.6. The Labute approximate surface area is 142 Å². The molecule has 0 aliphatic carbocycles. The van der Waals surface area contributed by atoms with Crippen molar-refractivity contribution in [2.45, 2.75) is 39.4 Å². The maximum Gasteiger partial charge on any atom is 0.242 e. The SMILES string of the molecule is CC1CCCN(Cc2ccc(CNC(=O)Cn3cnnn3)cc2)C1. The number of nitrogens with one attached hydrogen (secondary N) is 1. The number of carbonyl (C=O) groups excluding carboxylic acids is 1. The number of piperidine rings is 1. The molecule has 1 aliphatic rings. The van der Waals surface area contributed by atoms with E-state index in [0.29, 0.717) is 6.54 Å². The zero-order valence-corrected chi connectivity index (χ0v) is 14.1. The third kappa shape index (κ3) is 4.86. The van der Waals surface area contributed by atoms with E-state index in [1.165, 1.54) is 42.5 Å². The number of amides is 1. The van der Waals surface area contributed by atoms with Crippen molar-refractivity contribution in [1.29, 1.82) is 0 Å². The number of carbonyl (C=O) groups is 1. The minimum Gasteiger partial charge on any atom is -0.350 e. The van der Waals surface area contributed by atoms with E-state index in [1.807, 2.05) is 0 Å². The van der Waals surface area contributed by atoms with E-state index in [9.17, 15) is 4.79 Å². The molecule has 7 nitrogen and oxygen atoms in total. The Morgan fingerprint density at radius 3 is 2.79 bits per heavy atom. The van der Waals surface area contributed by atoms with E-state index in [2.05, 4.69) is 56.9 Å². The molecule has 1 N–H and O–H groups in total. The number of benzene rings is 1. The van der Waals surface area contributed by atoms with Crippen LogP contribution in [0.5, 0.6) is 0 Å². The molecular formula is C17H24N6O. The highest BCUT2D eigenvalue weighted by Crippen LogP contribution is 2.18. The quantitative estimate of drug-likeness (QED) is 0.863. The van der Waals surface area contributed by atoms with E-state index < -0.39 is 0 Å². The van der Waals surface area contributed by atoms with Crippen molar-refractivity contribution in [2.75, 3.05) is 13.1 Å².